The molecule has 3 aromatic rings. The first-order chi connectivity index (χ1) is 15.3. The van der Waals surface area contributed by atoms with Gasteiger partial charge in [0.05, 0.1) is 5.69 Å². The number of rotatable bonds is 5. The number of aromatic nitrogens is 1. The van der Waals surface area contributed by atoms with Gasteiger partial charge in [-0.15, -0.1) is 11.3 Å². The van der Waals surface area contributed by atoms with Crippen LogP contribution in [0.5, 0.6) is 11.5 Å². The summed E-state index contributed by atoms with van der Waals surface area (Å²) in [5, 5.41) is 7.88. The van der Waals surface area contributed by atoms with Crippen molar-refractivity contribution in [1.29, 1.82) is 0 Å². The molecule has 0 radical (unpaired) electrons. The maximum absolute atomic E-state index is 12.6. The average Bonchev–Trinajstić information content (AvgIpc) is 3.40. The van der Waals surface area contributed by atoms with Crippen LogP contribution in [0.25, 0.3) is 11.3 Å². The molecular weight excluding hydrogens is 430 g/mol. The van der Waals surface area contributed by atoms with E-state index in [1.165, 1.54) is 11.3 Å². The van der Waals surface area contributed by atoms with Gasteiger partial charge in [-0.2, -0.15) is 0 Å². The number of nitrogens with one attached hydrogen (secondary N) is 2. The third kappa shape index (κ3) is 5.36. The molecule has 0 saturated carbocycles. The molecule has 0 saturated heterocycles. The summed E-state index contributed by atoms with van der Waals surface area (Å²) in [4.78, 5) is 28.8. The van der Waals surface area contributed by atoms with Crippen molar-refractivity contribution in [2.45, 2.75) is 32.9 Å². The standard InChI is InChI=1S/C23H23N3O5S/c1-23(2,3)31-22(28)24-11-14-4-6-15(7-5-14)20(27)26-21-25-17(12-32-21)16-8-9-18-19(10-16)30-13-29-18/h4-10,12H,11,13H2,1-3H3,(H,24,28)(H,25,26,27). The molecule has 2 amide bonds. The maximum Gasteiger partial charge on any atom is 0.407 e. The van der Waals surface area contributed by atoms with Crippen LogP contribution in [0.15, 0.2) is 47.8 Å². The lowest BCUT2D eigenvalue weighted by Crippen LogP contribution is -2.32. The van der Waals surface area contributed by atoms with Gasteiger partial charge < -0.3 is 19.5 Å². The summed E-state index contributed by atoms with van der Waals surface area (Å²) >= 11 is 1.34. The van der Waals surface area contributed by atoms with Crippen LogP contribution in [0.4, 0.5) is 9.93 Å². The lowest BCUT2D eigenvalue weighted by Gasteiger charge is -2.19. The molecule has 32 heavy (non-hydrogen) atoms. The molecule has 0 spiro atoms. The van der Waals surface area contributed by atoms with E-state index >= 15 is 0 Å². The summed E-state index contributed by atoms with van der Waals surface area (Å²) in [5.74, 6) is 1.13. The van der Waals surface area contributed by atoms with Gasteiger partial charge in [0.25, 0.3) is 5.91 Å². The Bertz CT molecular complexity index is 1140. The first kappa shape index (κ1) is 21.6. The van der Waals surface area contributed by atoms with E-state index in [1.807, 2.05) is 23.6 Å². The van der Waals surface area contributed by atoms with Crippen LogP contribution < -0.4 is 20.1 Å². The molecule has 1 aliphatic heterocycles. The fraction of sp³-hybridized carbons (Fsp3) is 0.261. The van der Waals surface area contributed by atoms with E-state index in [0.29, 0.717) is 28.7 Å². The van der Waals surface area contributed by atoms with E-state index in [1.54, 1.807) is 45.0 Å². The summed E-state index contributed by atoms with van der Waals surface area (Å²) < 4.78 is 15.9. The highest BCUT2D eigenvalue weighted by Gasteiger charge is 2.17. The maximum atomic E-state index is 12.6. The minimum atomic E-state index is -0.551. The van der Waals surface area contributed by atoms with Crippen molar-refractivity contribution in [3.8, 4) is 22.8 Å². The summed E-state index contributed by atoms with van der Waals surface area (Å²) in [6, 6.07) is 12.6. The average molecular weight is 454 g/mol. The van der Waals surface area contributed by atoms with E-state index in [4.69, 9.17) is 14.2 Å². The Labute approximate surface area is 189 Å². The van der Waals surface area contributed by atoms with Gasteiger partial charge in [-0.3, -0.25) is 10.1 Å². The van der Waals surface area contributed by atoms with Gasteiger partial charge in [0.2, 0.25) is 6.79 Å². The Kier molecular flexibility index (Phi) is 6.00. The molecule has 1 aromatic heterocycles. The highest BCUT2D eigenvalue weighted by molar-refractivity contribution is 7.14. The Morgan fingerprint density at radius 2 is 1.84 bits per heavy atom. The highest BCUT2D eigenvalue weighted by atomic mass is 32.1. The zero-order valence-corrected chi connectivity index (χ0v) is 18.7. The molecule has 0 unspecified atom stereocenters. The zero-order chi connectivity index (χ0) is 22.7. The zero-order valence-electron chi connectivity index (χ0n) is 17.9. The minimum absolute atomic E-state index is 0.215. The molecule has 166 valence electrons. The van der Waals surface area contributed by atoms with Crippen molar-refractivity contribution in [1.82, 2.24) is 10.3 Å². The molecule has 2 aromatic carbocycles. The molecule has 1 aliphatic rings. The number of fused-ring (bicyclic) bond motifs is 1. The van der Waals surface area contributed by atoms with Crippen LogP contribution in [-0.2, 0) is 11.3 Å². The third-order valence-electron chi connectivity index (χ3n) is 4.44. The van der Waals surface area contributed by atoms with Crippen molar-refractivity contribution in [2.24, 2.45) is 0 Å². The van der Waals surface area contributed by atoms with E-state index in [9.17, 15) is 9.59 Å². The summed E-state index contributed by atoms with van der Waals surface area (Å²) in [7, 11) is 0. The Balaban J connectivity index is 1.34. The van der Waals surface area contributed by atoms with Crippen molar-refractivity contribution in [3.63, 3.8) is 0 Å². The number of hydrogen-bond acceptors (Lipinski definition) is 7. The molecule has 4 rings (SSSR count). The first-order valence-electron chi connectivity index (χ1n) is 9.99. The number of nitrogens with zero attached hydrogens (tertiary/aromatic N) is 1. The highest BCUT2D eigenvalue weighted by Crippen LogP contribution is 2.36. The number of hydrogen-bond donors (Lipinski definition) is 2. The lowest BCUT2D eigenvalue weighted by atomic mass is 10.1. The number of carbonyl (C=O) groups excluding carboxylic acids is 2. The van der Waals surface area contributed by atoms with E-state index in [-0.39, 0.29) is 12.7 Å². The number of thiazole rings is 1. The molecule has 2 N–H and O–H groups in total. The normalized spacial score (nSPS) is 12.3. The summed E-state index contributed by atoms with van der Waals surface area (Å²) in [6.07, 6.45) is -0.485. The predicted octanol–water partition coefficient (Wildman–Crippen LogP) is 4.82. The molecular formula is C23H23N3O5S. The molecule has 2 heterocycles. The number of amides is 2. The van der Waals surface area contributed by atoms with Crippen molar-refractivity contribution < 1.29 is 23.8 Å². The number of anilines is 1. The van der Waals surface area contributed by atoms with E-state index < -0.39 is 11.7 Å². The molecule has 0 bridgehead atoms. The smallest absolute Gasteiger partial charge is 0.407 e. The Hall–Kier alpha value is -3.59. The van der Waals surface area contributed by atoms with Crippen molar-refractivity contribution in [2.75, 3.05) is 12.1 Å². The molecule has 8 nitrogen and oxygen atoms in total. The van der Waals surface area contributed by atoms with Gasteiger partial charge in [-0.25, -0.2) is 9.78 Å². The van der Waals surface area contributed by atoms with Crippen molar-refractivity contribution >= 4 is 28.5 Å². The molecule has 0 atom stereocenters. The van der Waals surface area contributed by atoms with E-state index in [0.717, 1.165) is 16.8 Å². The topological polar surface area (TPSA) is 98.8 Å². The molecule has 9 heteroatoms. The van der Waals surface area contributed by atoms with Crippen LogP contribution in [0.3, 0.4) is 0 Å². The molecule has 0 fully saturated rings. The second-order valence-corrected chi connectivity index (χ2v) is 8.97. The number of carbonyl (C=O) groups is 2. The monoisotopic (exact) mass is 453 g/mol. The lowest BCUT2D eigenvalue weighted by molar-refractivity contribution is 0.0523. The predicted molar refractivity (Wildman–Crippen MR) is 121 cm³/mol. The van der Waals surface area contributed by atoms with E-state index in [2.05, 4.69) is 15.6 Å². The summed E-state index contributed by atoms with van der Waals surface area (Å²) in [5.41, 5.74) is 2.42. The fourth-order valence-corrected chi connectivity index (χ4v) is 3.67. The number of ether oxygens (including phenoxy) is 3. The number of benzene rings is 2. The van der Waals surface area contributed by atoms with Gasteiger partial charge in [0, 0.05) is 23.1 Å². The van der Waals surface area contributed by atoms with Crippen molar-refractivity contribution in [3.05, 3.63) is 59.0 Å². The van der Waals surface area contributed by atoms with Crippen LogP contribution >= 0.6 is 11.3 Å². The van der Waals surface area contributed by atoms with Gasteiger partial charge in [0.15, 0.2) is 16.6 Å². The number of alkyl carbamates (subject to hydrolysis) is 1. The van der Waals surface area contributed by atoms with Crippen LogP contribution in [0.2, 0.25) is 0 Å². The van der Waals surface area contributed by atoms with Crippen LogP contribution in [0, 0.1) is 0 Å². The van der Waals surface area contributed by atoms with Gasteiger partial charge in [-0.05, 0) is 56.7 Å². The minimum Gasteiger partial charge on any atom is -0.454 e. The van der Waals surface area contributed by atoms with Gasteiger partial charge >= 0.3 is 6.09 Å². The summed E-state index contributed by atoms with van der Waals surface area (Å²) in [6.45, 7) is 5.94. The first-order valence-corrected chi connectivity index (χ1v) is 10.9. The SMILES string of the molecule is CC(C)(C)OC(=O)NCc1ccc(C(=O)Nc2nc(-c3ccc4c(c3)OCO4)cs2)cc1. The third-order valence-corrected chi connectivity index (χ3v) is 5.20. The second kappa shape index (κ2) is 8.88. The molecule has 0 aliphatic carbocycles. The van der Waals surface area contributed by atoms with Crippen LogP contribution in [0.1, 0.15) is 36.7 Å². The largest absolute Gasteiger partial charge is 0.454 e. The quantitative estimate of drug-likeness (QED) is 0.575. The van der Waals surface area contributed by atoms with Gasteiger partial charge in [0.1, 0.15) is 5.60 Å². The van der Waals surface area contributed by atoms with Crippen LogP contribution in [-0.4, -0.2) is 29.4 Å². The Morgan fingerprint density at radius 3 is 2.59 bits per heavy atom. The Morgan fingerprint density at radius 1 is 1.09 bits per heavy atom. The second-order valence-electron chi connectivity index (χ2n) is 8.11. The van der Waals surface area contributed by atoms with Gasteiger partial charge in [-0.1, -0.05) is 12.1 Å². The fourth-order valence-electron chi connectivity index (χ4n) is 2.95.